The summed E-state index contributed by atoms with van der Waals surface area (Å²) >= 11 is 0. The minimum atomic E-state index is -2.79. The van der Waals surface area contributed by atoms with E-state index in [0.717, 1.165) is 42.7 Å². The van der Waals surface area contributed by atoms with Gasteiger partial charge in [-0.2, -0.15) is 0 Å². The molecule has 38 heavy (non-hydrogen) atoms. The van der Waals surface area contributed by atoms with Crippen LogP contribution in [0.5, 0.6) is 0 Å². The van der Waals surface area contributed by atoms with Gasteiger partial charge in [-0.15, -0.1) is 0 Å². The Bertz CT molecular complexity index is 627. The van der Waals surface area contributed by atoms with Crippen molar-refractivity contribution in [2.24, 2.45) is 0 Å². The van der Waals surface area contributed by atoms with Gasteiger partial charge in [0.05, 0.1) is 6.42 Å². The monoisotopic (exact) mass is 593 g/mol. The van der Waals surface area contributed by atoms with Crippen LogP contribution in [0.25, 0.3) is 0 Å². The first kappa shape index (κ1) is 37.4. The van der Waals surface area contributed by atoms with Crippen LogP contribution in [0, 0.1) is 0 Å². The minimum Gasteiger partial charge on any atom is -0.519 e. The molecule has 0 spiro atoms. The van der Waals surface area contributed by atoms with E-state index in [2.05, 4.69) is 46.4 Å². The van der Waals surface area contributed by atoms with Crippen molar-refractivity contribution in [3.63, 3.8) is 0 Å². The van der Waals surface area contributed by atoms with E-state index in [4.69, 9.17) is 22.1 Å². The summed E-state index contributed by atoms with van der Waals surface area (Å²) in [5.74, 6) is -0.554. The van der Waals surface area contributed by atoms with Gasteiger partial charge in [-0.3, -0.25) is 14.5 Å². The van der Waals surface area contributed by atoms with Crippen molar-refractivity contribution in [1.29, 1.82) is 0 Å². The molecule has 0 aliphatic rings. The van der Waals surface area contributed by atoms with Gasteiger partial charge in [0.2, 0.25) is 0 Å². The summed E-state index contributed by atoms with van der Waals surface area (Å²) in [5.41, 5.74) is 0. The third-order valence-corrected chi connectivity index (χ3v) is 20.2. The van der Waals surface area contributed by atoms with Crippen molar-refractivity contribution >= 4 is 37.4 Å². The van der Waals surface area contributed by atoms with Crippen molar-refractivity contribution in [2.75, 3.05) is 32.9 Å². The Labute approximate surface area is 237 Å². The summed E-state index contributed by atoms with van der Waals surface area (Å²) in [7, 11) is -7.11. The molecule has 0 bridgehead atoms. The SMILES string of the molecule is CCO[Si](CCCN(CC)C(CC(=O)O[Si](CC)(CC)CC)C(=O)O[Si](CC)(CC)CC)(OCC)OCC. The molecular formula is C27H59NO7Si3. The second kappa shape index (κ2) is 19.5. The zero-order valence-electron chi connectivity index (χ0n) is 26.3. The van der Waals surface area contributed by atoms with Crippen LogP contribution in [0.3, 0.4) is 0 Å². The van der Waals surface area contributed by atoms with E-state index in [-0.39, 0.29) is 18.4 Å². The first-order chi connectivity index (χ1) is 18.1. The zero-order valence-corrected chi connectivity index (χ0v) is 29.3. The molecule has 0 fully saturated rings. The molecule has 0 aromatic rings. The van der Waals surface area contributed by atoms with E-state index in [1.165, 1.54) is 0 Å². The van der Waals surface area contributed by atoms with Crippen molar-refractivity contribution < 1.29 is 31.7 Å². The lowest BCUT2D eigenvalue weighted by Crippen LogP contribution is -2.50. The summed E-state index contributed by atoms with van der Waals surface area (Å²) < 4.78 is 30.5. The fraction of sp³-hybridized carbons (Fsp3) is 0.926. The highest BCUT2D eigenvalue weighted by Gasteiger charge is 2.42. The molecule has 11 heteroatoms. The van der Waals surface area contributed by atoms with Gasteiger partial charge in [-0.1, -0.05) is 48.5 Å². The van der Waals surface area contributed by atoms with E-state index in [1.807, 2.05) is 27.7 Å². The predicted molar refractivity (Wildman–Crippen MR) is 162 cm³/mol. The van der Waals surface area contributed by atoms with Gasteiger partial charge in [0.25, 0.3) is 22.6 Å². The summed E-state index contributed by atoms with van der Waals surface area (Å²) in [5, 5.41) is 0. The maximum atomic E-state index is 13.7. The number of carbonyl (C=O) groups excluding carboxylic acids is 2. The second-order valence-electron chi connectivity index (χ2n) is 9.82. The average Bonchev–Trinajstić information content (AvgIpc) is 2.92. The standard InChI is InChI=1S/C27H59NO7Si3/c1-11-28(22-21-23-38(31-12-2,32-13-3)33-14-4)25(27(30)35-37(18-8,19-9)20-10)24-26(29)34-36(15-5,16-6)17-7/h25H,11-24H2,1-10H3. The zero-order chi connectivity index (χ0) is 29.2. The number of nitrogens with zero attached hydrogens (tertiary/aromatic N) is 1. The molecule has 8 nitrogen and oxygen atoms in total. The lowest BCUT2D eigenvalue weighted by molar-refractivity contribution is -0.147. The van der Waals surface area contributed by atoms with E-state index in [0.29, 0.717) is 39.0 Å². The lowest BCUT2D eigenvalue weighted by Gasteiger charge is -2.35. The summed E-state index contributed by atoms with van der Waals surface area (Å²) in [6.45, 7) is 23.3. The Hall–Kier alpha value is -0.569. The Morgan fingerprint density at radius 1 is 0.658 bits per heavy atom. The van der Waals surface area contributed by atoms with Crippen molar-refractivity contribution in [3.8, 4) is 0 Å². The smallest absolute Gasteiger partial charge is 0.500 e. The largest absolute Gasteiger partial charge is 0.519 e. The number of hydrogen-bond donors (Lipinski definition) is 0. The van der Waals surface area contributed by atoms with Gasteiger partial charge in [0.15, 0.2) is 0 Å². The molecule has 0 N–H and O–H groups in total. The van der Waals surface area contributed by atoms with E-state index >= 15 is 0 Å². The molecule has 0 aliphatic heterocycles. The third kappa shape index (κ3) is 11.5. The third-order valence-electron chi connectivity index (χ3n) is 8.01. The highest BCUT2D eigenvalue weighted by Crippen LogP contribution is 2.26. The van der Waals surface area contributed by atoms with Gasteiger partial charge in [0, 0.05) is 25.9 Å². The van der Waals surface area contributed by atoms with Crippen molar-refractivity contribution in [2.45, 2.75) is 130 Å². The molecule has 0 aromatic heterocycles. The molecule has 226 valence electrons. The topological polar surface area (TPSA) is 83.5 Å². The number of carbonyl (C=O) groups is 2. The van der Waals surface area contributed by atoms with Gasteiger partial charge in [-0.05, 0) is 76.5 Å². The van der Waals surface area contributed by atoms with Crippen LogP contribution in [-0.4, -0.2) is 81.2 Å². The normalized spacial score (nSPS) is 13.6. The maximum absolute atomic E-state index is 13.7. The van der Waals surface area contributed by atoms with E-state index in [1.54, 1.807) is 0 Å². The number of hydrogen-bond acceptors (Lipinski definition) is 8. The summed E-state index contributed by atoms with van der Waals surface area (Å²) in [6, 6.07) is 5.26. The molecule has 0 radical (unpaired) electrons. The molecule has 0 amide bonds. The fourth-order valence-corrected chi connectivity index (χ4v) is 12.6. The van der Waals surface area contributed by atoms with Crippen LogP contribution in [0.2, 0.25) is 42.3 Å². The lowest BCUT2D eigenvalue weighted by atomic mass is 10.1. The van der Waals surface area contributed by atoms with Gasteiger partial charge in [-0.25, -0.2) is 0 Å². The Morgan fingerprint density at radius 3 is 1.45 bits per heavy atom. The maximum Gasteiger partial charge on any atom is 0.500 e. The highest BCUT2D eigenvalue weighted by molar-refractivity contribution is 6.75. The molecule has 0 heterocycles. The summed E-state index contributed by atoms with van der Waals surface area (Å²) in [6.07, 6.45) is 0.752. The second-order valence-corrected chi connectivity index (χ2v) is 21.9. The minimum absolute atomic E-state index is 0.0218. The molecule has 1 atom stereocenters. The van der Waals surface area contributed by atoms with Crippen LogP contribution >= 0.6 is 0 Å². The molecule has 0 rings (SSSR count). The molecule has 0 aromatic carbocycles. The fourth-order valence-electron chi connectivity index (χ4n) is 5.05. The van der Waals surface area contributed by atoms with Crippen molar-refractivity contribution in [3.05, 3.63) is 0 Å². The molecule has 0 saturated carbocycles. The molecule has 0 saturated heterocycles. The van der Waals surface area contributed by atoms with Crippen LogP contribution in [0.4, 0.5) is 0 Å². The van der Waals surface area contributed by atoms with Crippen LogP contribution in [0.1, 0.15) is 82.1 Å². The quantitative estimate of drug-likeness (QED) is 0.123. The number of rotatable bonds is 23. The average molecular weight is 594 g/mol. The summed E-state index contributed by atoms with van der Waals surface area (Å²) in [4.78, 5) is 29.1. The first-order valence-electron chi connectivity index (χ1n) is 15.2. The van der Waals surface area contributed by atoms with E-state index in [9.17, 15) is 9.59 Å². The number of likely N-dealkylation sites (N-methyl/N-ethyl adjacent to an activating group) is 1. The van der Waals surface area contributed by atoms with Gasteiger partial charge < -0.3 is 22.1 Å². The van der Waals surface area contributed by atoms with Gasteiger partial charge >= 0.3 is 14.8 Å². The van der Waals surface area contributed by atoms with Crippen LogP contribution in [-0.2, 0) is 31.7 Å². The molecule has 0 aliphatic carbocycles. The highest BCUT2D eigenvalue weighted by atomic mass is 28.4. The van der Waals surface area contributed by atoms with Crippen LogP contribution in [0.15, 0.2) is 0 Å². The molecule has 1 unspecified atom stereocenters. The Balaban J connectivity index is 5.93. The molecular weight excluding hydrogens is 535 g/mol. The van der Waals surface area contributed by atoms with Crippen molar-refractivity contribution in [1.82, 2.24) is 4.90 Å². The predicted octanol–water partition coefficient (Wildman–Crippen LogP) is 6.60. The first-order valence-corrected chi connectivity index (χ1v) is 22.2. The van der Waals surface area contributed by atoms with E-state index < -0.39 is 31.5 Å². The van der Waals surface area contributed by atoms with Crippen LogP contribution < -0.4 is 0 Å². The van der Waals surface area contributed by atoms with Gasteiger partial charge in [0.1, 0.15) is 6.04 Å². The Kier molecular flexibility index (Phi) is 19.2. The Morgan fingerprint density at radius 2 is 1.08 bits per heavy atom.